The molecule has 7 heteroatoms. The lowest BCUT2D eigenvalue weighted by atomic mass is 10.0. The number of carbonyl (C=O) groups excluding carboxylic acids is 1. The largest absolute Gasteiger partial charge is 0.346 e. The number of benzene rings is 2. The molecule has 0 spiro atoms. The Labute approximate surface area is 154 Å². The number of thioether (sulfide) groups is 1. The summed E-state index contributed by atoms with van der Waals surface area (Å²) in [5.74, 6) is 0.683. The summed E-state index contributed by atoms with van der Waals surface area (Å²) in [5.41, 5.74) is 1.63. The van der Waals surface area contributed by atoms with Gasteiger partial charge in [-0.05, 0) is 41.8 Å². The Hall–Kier alpha value is -2.31. The monoisotopic (exact) mass is 374 g/mol. The highest BCUT2D eigenvalue weighted by Crippen LogP contribution is 2.37. The molecule has 1 atom stereocenters. The van der Waals surface area contributed by atoms with Crippen molar-refractivity contribution < 1.29 is 9.72 Å². The van der Waals surface area contributed by atoms with Crippen LogP contribution in [0.25, 0.3) is 6.08 Å². The summed E-state index contributed by atoms with van der Waals surface area (Å²) < 4.78 is 0. The molecule has 1 heterocycles. The number of hydrogen-bond donors (Lipinski definition) is 1. The van der Waals surface area contributed by atoms with E-state index in [2.05, 4.69) is 5.32 Å². The first-order valence-electron chi connectivity index (χ1n) is 7.68. The second-order valence-corrected chi connectivity index (χ2v) is 7.14. The molecule has 1 amide bonds. The van der Waals surface area contributed by atoms with Crippen LogP contribution >= 0.6 is 23.4 Å². The molecule has 1 N–H and O–H groups in total. The van der Waals surface area contributed by atoms with Gasteiger partial charge in [-0.2, -0.15) is 0 Å². The molecule has 2 aromatic rings. The quantitative estimate of drug-likeness (QED) is 0.481. The lowest BCUT2D eigenvalue weighted by Gasteiger charge is -2.25. The number of nitrogens with zero attached hydrogens (tertiary/aromatic N) is 1. The van der Waals surface area contributed by atoms with Gasteiger partial charge >= 0.3 is 0 Å². The Balaban J connectivity index is 1.70. The molecule has 1 aliphatic rings. The van der Waals surface area contributed by atoms with Crippen LogP contribution in [0.3, 0.4) is 0 Å². The zero-order valence-electron chi connectivity index (χ0n) is 13.1. The van der Waals surface area contributed by atoms with E-state index in [1.807, 2.05) is 18.2 Å². The summed E-state index contributed by atoms with van der Waals surface area (Å²) in [4.78, 5) is 23.7. The fourth-order valence-corrected chi connectivity index (χ4v) is 3.94. The van der Waals surface area contributed by atoms with Crippen molar-refractivity contribution in [3.05, 3.63) is 74.8 Å². The molecule has 0 radical (unpaired) electrons. The van der Waals surface area contributed by atoms with E-state index in [1.165, 1.54) is 18.2 Å². The van der Waals surface area contributed by atoms with Gasteiger partial charge in [-0.3, -0.25) is 14.9 Å². The summed E-state index contributed by atoms with van der Waals surface area (Å²) in [6.07, 6.45) is 3.79. The number of amides is 1. The van der Waals surface area contributed by atoms with Crippen LogP contribution in [0, 0.1) is 10.1 Å². The van der Waals surface area contributed by atoms with E-state index in [1.54, 1.807) is 30.0 Å². The Morgan fingerprint density at radius 3 is 2.96 bits per heavy atom. The Kier molecular flexibility index (Phi) is 5.40. The van der Waals surface area contributed by atoms with E-state index in [4.69, 9.17) is 11.6 Å². The Bertz CT molecular complexity index is 854. The maximum Gasteiger partial charge on any atom is 0.270 e. The molecular formula is C18H15ClN2O3S. The first-order chi connectivity index (χ1) is 12.0. The number of rotatable bonds is 4. The Morgan fingerprint density at radius 1 is 1.32 bits per heavy atom. The summed E-state index contributed by atoms with van der Waals surface area (Å²) >= 11 is 7.82. The molecule has 2 aromatic carbocycles. The van der Waals surface area contributed by atoms with E-state index in [9.17, 15) is 14.9 Å². The van der Waals surface area contributed by atoms with Crippen molar-refractivity contribution in [2.24, 2.45) is 0 Å². The number of nitro benzene ring substituents is 1. The van der Waals surface area contributed by atoms with Gasteiger partial charge in [-0.15, -0.1) is 11.8 Å². The molecule has 3 rings (SSSR count). The number of hydrogen-bond acceptors (Lipinski definition) is 4. The SMILES string of the molecule is O=C(/C=C/c1cccc([N+](=O)[O-])c1)N[C@@H]1CCSc2ccc(Cl)cc21. The molecule has 25 heavy (non-hydrogen) atoms. The molecule has 0 aliphatic carbocycles. The van der Waals surface area contributed by atoms with Gasteiger partial charge in [0.25, 0.3) is 5.69 Å². The van der Waals surface area contributed by atoms with Crippen molar-refractivity contribution in [1.82, 2.24) is 5.32 Å². The first-order valence-corrected chi connectivity index (χ1v) is 9.04. The summed E-state index contributed by atoms with van der Waals surface area (Å²) in [5, 5.41) is 14.4. The predicted molar refractivity (Wildman–Crippen MR) is 99.8 cm³/mol. The molecule has 0 bridgehead atoms. The summed E-state index contributed by atoms with van der Waals surface area (Å²) in [6, 6.07) is 11.8. The third-order valence-electron chi connectivity index (χ3n) is 3.84. The number of carbonyl (C=O) groups is 1. The third kappa shape index (κ3) is 4.41. The minimum atomic E-state index is -0.461. The number of nitro groups is 1. The van der Waals surface area contributed by atoms with Crippen LogP contribution in [0.1, 0.15) is 23.6 Å². The molecule has 1 aliphatic heterocycles. The standard InChI is InChI=1S/C18H15ClN2O3S/c19-13-5-6-17-15(11-13)16(8-9-25-17)20-18(22)7-4-12-2-1-3-14(10-12)21(23)24/h1-7,10-11,16H,8-9H2,(H,20,22)/b7-4+/t16-/m1/s1. The molecule has 0 saturated heterocycles. The van der Waals surface area contributed by atoms with Crippen LogP contribution in [0.5, 0.6) is 0 Å². The van der Waals surface area contributed by atoms with Crippen molar-refractivity contribution in [3.63, 3.8) is 0 Å². The molecule has 0 unspecified atom stereocenters. The lowest BCUT2D eigenvalue weighted by molar-refractivity contribution is -0.384. The van der Waals surface area contributed by atoms with E-state index in [0.29, 0.717) is 10.6 Å². The fourth-order valence-electron chi connectivity index (χ4n) is 2.65. The first kappa shape index (κ1) is 17.5. The van der Waals surface area contributed by atoms with Crippen LogP contribution in [0.4, 0.5) is 5.69 Å². The minimum absolute atomic E-state index is 0.00423. The summed E-state index contributed by atoms with van der Waals surface area (Å²) in [7, 11) is 0. The van der Waals surface area contributed by atoms with E-state index >= 15 is 0 Å². The van der Waals surface area contributed by atoms with Crippen LogP contribution in [-0.2, 0) is 4.79 Å². The number of halogens is 1. The van der Waals surface area contributed by atoms with E-state index in [0.717, 1.165) is 22.6 Å². The second kappa shape index (κ2) is 7.72. The molecular weight excluding hydrogens is 360 g/mol. The zero-order valence-corrected chi connectivity index (χ0v) is 14.7. The van der Waals surface area contributed by atoms with Gasteiger partial charge in [-0.1, -0.05) is 23.7 Å². The average molecular weight is 375 g/mol. The number of fused-ring (bicyclic) bond motifs is 1. The van der Waals surface area contributed by atoms with E-state index in [-0.39, 0.29) is 17.6 Å². The second-order valence-electron chi connectivity index (χ2n) is 5.57. The van der Waals surface area contributed by atoms with Crippen LogP contribution in [0.2, 0.25) is 5.02 Å². The highest BCUT2D eigenvalue weighted by atomic mass is 35.5. The predicted octanol–water partition coefficient (Wildman–Crippen LogP) is 4.61. The van der Waals surface area contributed by atoms with Crippen molar-refractivity contribution in [2.45, 2.75) is 17.4 Å². The van der Waals surface area contributed by atoms with Crippen LogP contribution in [-0.4, -0.2) is 16.6 Å². The van der Waals surface area contributed by atoms with Gasteiger partial charge in [0, 0.05) is 33.9 Å². The maximum atomic E-state index is 12.2. The topological polar surface area (TPSA) is 72.2 Å². The van der Waals surface area contributed by atoms with Crippen LogP contribution in [0.15, 0.2) is 53.4 Å². The van der Waals surface area contributed by atoms with Gasteiger partial charge < -0.3 is 5.32 Å². The zero-order chi connectivity index (χ0) is 17.8. The molecule has 5 nitrogen and oxygen atoms in total. The van der Waals surface area contributed by atoms with Gasteiger partial charge in [0.15, 0.2) is 0 Å². The van der Waals surface area contributed by atoms with Gasteiger partial charge in [0.05, 0.1) is 11.0 Å². The lowest BCUT2D eigenvalue weighted by Crippen LogP contribution is -2.29. The van der Waals surface area contributed by atoms with Gasteiger partial charge in [0.2, 0.25) is 5.91 Å². The smallest absolute Gasteiger partial charge is 0.270 e. The Morgan fingerprint density at radius 2 is 2.16 bits per heavy atom. The molecule has 0 saturated carbocycles. The van der Waals surface area contributed by atoms with Gasteiger partial charge in [-0.25, -0.2) is 0 Å². The van der Waals surface area contributed by atoms with Crippen molar-refractivity contribution >= 4 is 41.0 Å². The minimum Gasteiger partial charge on any atom is -0.346 e. The normalized spacial score (nSPS) is 16.4. The molecule has 0 fully saturated rings. The van der Waals surface area contributed by atoms with Gasteiger partial charge in [0.1, 0.15) is 0 Å². The molecule has 0 aromatic heterocycles. The third-order valence-corrected chi connectivity index (χ3v) is 5.19. The van der Waals surface area contributed by atoms with Crippen molar-refractivity contribution in [3.8, 4) is 0 Å². The van der Waals surface area contributed by atoms with Crippen LogP contribution < -0.4 is 5.32 Å². The molecule has 128 valence electrons. The number of non-ortho nitro benzene ring substituents is 1. The summed E-state index contributed by atoms with van der Waals surface area (Å²) in [6.45, 7) is 0. The van der Waals surface area contributed by atoms with Crippen molar-refractivity contribution in [1.29, 1.82) is 0 Å². The van der Waals surface area contributed by atoms with E-state index < -0.39 is 4.92 Å². The fraction of sp³-hybridized carbons (Fsp3) is 0.167. The maximum absolute atomic E-state index is 12.2. The average Bonchev–Trinajstić information content (AvgIpc) is 2.61. The van der Waals surface area contributed by atoms with Crippen molar-refractivity contribution in [2.75, 3.05) is 5.75 Å². The highest BCUT2D eigenvalue weighted by molar-refractivity contribution is 7.99. The highest BCUT2D eigenvalue weighted by Gasteiger charge is 2.21. The number of nitrogens with one attached hydrogen (secondary N) is 1.